The maximum Gasteiger partial charge on any atom is 0.0186 e. The van der Waals surface area contributed by atoms with Gasteiger partial charge in [-0.25, -0.2) is 0 Å². The van der Waals surface area contributed by atoms with Crippen molar-refractivity contribution in [3.63, 3.8) is 0 Å². The van der Waals surface area contributed by atoms with Crippen molar-refractivity contribution in [1.82, 2.24) is 5.32 Å². The standard InChI is InChI=1S/C14H27NS/c1-11-7-4-3-5-8-13(11)15-14-9-6-10-16-12(14)2/h11-15H,3-10H2,1-2H3. The van der Waals surface area contributed by atoms with Gasteiger partial charge in [-0.2, -0.15) is 11.8 Å². The second kappa shape index (κ2) is 6.30. The van der Waals surface area contributed by atoms with Gasteiger partial charge in [0.25, 0.3) is 0 Å². The molecule has 0 bridgehead atoms. The summed E-state index contributed by atoms with van der Waals surface area (Å²) in [5.41, 5.74) is 0. The molecule has 16 heavy (non-hydrogen) atoms. The predicted molar refractivity (Wildman–Crippen MR) is 74.1 cm³/mol. The Morgan fingerprint density at radius 1 is 0.875 bits per heavy atom. The van der Waals surface area contributed by atoms with Crippen molar-refractivity contribution < 1.29 is 0 Å². The Kier molecular flexibility index (Phi) is 5.02. The van der Waals surface area contributed by atoms with Gasteiger partial charge in [-0.1, -0.05) is 33.1 Å². The third kappa shape index (κ3) is 3.40. The highest BCUT2D eigenvalue weighted by molar-refractivity contribution is 7.99. The molecule has 4 atom stereocenters. The van der Waals surface area contributed by atoms with Crippen LogP contribution in [-0.4, -0.2) is 23.1 Å². The Morgan fingerprint density at radius 3 is 2.44 bits per heavy atom. The van der Waals surface area contributed by atoms with E-state index in [-0.39, 0.29) is 0 Å². The minimum Gasteiger partial charge on any atom is -0.310 e. The lowest BCUT2D eigenvalue weighted by molar-refractivity contribution is 0.306. The first-order chi connectivity index (χ1) is 7.77. The summed E-state index contributed by atoms with van der Waals surface area (Å²) < 4.78 is 0. The molecule has 94 valence electrons. The number of hydrogen-bond donors (Lipinski definition) is 1. The van der Waals surface area contributed by atoms with Gasteiger partial charge in [0, 0.05) is 17.3 Å². The molecule has 1 aliphatic heterocycles. The molecule has 2 rings (SSSR count). The van der Waals surface area contributed by atoms with Gasteiger partial charge < -0.3 is 5.32 Å². The molecule has 1 N–H and O–H groups in total. The molecule has 1 saturated carbocycles. The van der Waals surface area contributed by atoms with Gasteiger partial charge in [0.1, 0.15) is 0 Å². The summed E-state index contributed by atoms with van der Waals surface area (Å²) >= 11 is 2.16. The fourth-order valence-corrected chi connectivity index (χ4v) is 4.31. The van der Waals surface area contributed by atoms with E-state index in [2.05, 4.69) is 30.9 Å². The highest BCUT2D eigenvalue weighted by Gasteiger charge is 2.27. The van der Waals surface area contributed by atoms with Gasteiger partial charge in [0.2, 0.25) is 0 Å². The maximum absolute atomic E-state index is 3.98. The molecule has 1 aliphatic carbocycles. The molecule has 2 heteroatoms. The van der Waals surface area contributed by atoms with Gasteiger partial charge in [0.15, 0.2) is 0 Å². The highest BCUT2D eigenvalue weighted by Crippen LogP contribution is 2.28. The molecular weight excluding hydrogens is 214 g/mol. The van der Waals surface area contributed by atoms with E-state index in [0.29, 0.717) is 0 Å². The Morgan fingerprint density at radius 2 is 1.62 bits per heavy atom. The van der Waals surface area contributed by atoms with Crippen molar-refractivity contribution in [3.05, 3.63) is 0 Å². The van der Waals surface area contributed by atoms with Crippen molar-refractivity contribution in [2.24, 2.45) is 5.92 Å². The summed E-state index contributed by atoms with van der Waals surface area (Å²) in [4.78, 5) is 0. The van der Waals surface area contributed by atoms with E-state index in [4.69, 9.17) is 0 Å². The van der Waals surface area contributed by atoms with Crippen LogP contribution < -0.4 is 5.32 Å². The molecule has 1 saturated heterocycles. The third-order valence-electron chi connectivity index (χ3n) is 4.40. The molecule has 0 amide bonds. The Bertz CT molecular complexity index is 207. The van der Waals surface area contributed by atoms with E-state index in [1.165, 1.54) is 50.7 Å². The summed E-state index contributed by atoms with van der Waals surface area (Å²) in [6, 6.07) is 1.58. The molecular formula is C14H27NS. The van der Waals surface area contributed by atoms with Gasteiger partial charge in [0.05, 0.1) is 0 Å². The van der Waals surface area contributed by atoms with Crippen molar-refractivity contribution in [3.8, 4) is 0 Å². The second-order valence-corrected chi connectivity index (χ2v) is 7.20. The summed E-state index contributed by atoms with van der Waals surface area (Å²) in [6.07, 6.45) is 10.0. The lowest BCUT2D eigenvalue weighted by Gasteiger charge is -2.34. The zero-order chi connectivity index (χ0) is 11.4. The molecule has 0 aromatic carbocycles. The van der Waals surface area contributed by atoms with Crippen molar-refractivity contribution in [2.75, 3.05) is 5.75 Å². The lowest BCUT2D eigenvalue weighted by Crippen LogP contribution is -2.47. The molecule has 0 aromatic heterocycles. The predicted octanol–water partition coefficient (Wildman–Crippen LogP) is 3.83. The van der Waals surface area contributed by atoms with E-state index in [1.54, 1.807) is 0 Å². The van der Waals surface area contributed by atoms with Crippen LogP contribution in [0.15, 0.2) is 0 Å². The third-order valence-corrected chi connectivity index (χ3v) is 5.78. The van der Waals surface area contributed by atoms with E-state index < -0.39 is 0 Å². The Labute approximate surface area is 105 Å². The maximum atomic E-state index is 3.98. The SMILES string of the molecule is CC1CCCCCC1NC1CCCSC1C. The van der Waals surface area contributed by atoms with Crippen LogP contribution in [0.1, 0.15) is 58.8 Å². The number of hydrogen-bond acceptors (Lipinski definition) is 2. The topological polar surface area (TPSA) is 12.0 Å². The fourth-order valence-electron chi connectivity index (χ4n) is 3.16. The average molecular weight is 241 g/mol. The summed E-state index contributed by atoms with van der Waals surface area (Å²) in [5, 5.41) is 4.80. The largest absolute Gasteiger partial charge is 0.310 e. The summed E-state index contributed by atoms with van der Waals surface area (Å²) in [6.45, 7) is 4.85. The fraction of sp³-hybridized carbons (Fsp3) is 1.00. The summed E-state index contributed by atoms with van der Waals surface area (Å²) in [7, 11) is 0. The number of rotatable bonds is 2. The zero-order valence-electron chi connectivity index (χ0n) is 10.9. The minimum absolute atomic E-state index is 0.782. The Hall–Kier alpha value is 0.310. The monoisotopic (exact) mass is 241 g/mol. The quantitative estimate of drug-likeness (QED) is 0.737. The zero-order valence-corrected chi connectivity index (χ0v) is 11.7. The van der Waals surface area contributed by atoms with Crippen LogP contribution in [0.4, 0.5) is 0 Å². The van der Waals surface area contributed by atoms with Crippen molar-refractivity contribution >= 4 is 11.8 Å². The molecule has 4 unspecified atom stereocenters. The van der Waals surface area contributed by atoms with Crippen molar-refractivity contribution in [1.29, 1.82) is 0 Å². The molecule has 2 fully saturated rings. The van der Waals surface area contributed by atoms with Gasteiger partial charge in [-0.05, 0) is 37.4 Å². The Balaban J connectivity index is 1.86. The smallest absolute Gasteiger partial charge is 0.0186 e. The van der Waals surface area contributed by atoms with E-state index in [1.807, 2.05) is 0 Å². The average Bonchev–Trinajstić information content (AvgIpc) is 2.48. The molecule has 0 spiro atoms. The lowest BCUT2D eigenvalue weighted by atomic mass is 9.95. The first kappa shape index (κ1) is 12.8. The number of thioether (sulfide) groups is 1. The van der Waals surface area contributed by atoms with Crippen LogP contribution in [0.2, 0.25) is 0 Å². The molecule has 1 heterocycles. The first-order valence-electron chi connectivity index (χ1n) is 7.15. The normalized spacial score (nSPS) is 41.6. The van der Waals surface area contributed by atoms with Gasteiger partial charge in [-0.15, -0.1) is 0 Å². The molecule has 1 nitrogen and oxygen atoms in total. The van der Waals surface area contributed by atoms with Crippen LogP contribution in [0, 0.1) is 5.92 Å². The second-order valence-electron chi connectivity index (χ2n) is 5.71. The molecule has 0 radical (unpaired) electrons. The van der Waals surface area contributed by atoms with Crippen molar-refractivity contribution in [2.45, 2.75) is 76.1 Å². The van der Waals surface area contributed by atoms with E-state index >= 15 is 0 Å². The minimum atomic E-state index is 0.782. The van der Waals surface area contributed by atoms with Gasteiger partial charge in [-0.3, -0.25) is 0 Å². The van der Waals surface area contributed by atoms with Gasteiger partial charge >= 0.3 is 0 Å². The van der Waals surface area contributed by atoms with Crippen LogP contribution in [0.25, 0.3) is 0 Å². The van der Waals surface area contributed by atoms with Crippen LogP contribution in [-0.2, 0) is 0 Å². The van der Waals surface area contributed by atoms with Crippen LogP contribution in [0.5, 0.6) is 0 Å². The molecule has 2 aliphatic rings. The van der Waals surface area contributed by atoms with Crippen LogP contribution >= 0.6 is 11.8 Å². The number of nitrogens with one attached hydrogen (secondary N) is 1. The van der Waals surface area contributed by atoms with Crippen LogP contribution in [0.3, 0.4) is 0 Å². The van der Waals surface area contributed by atoms with E-state index in [0.717, 1.165) is 23.3 Å². The summed E-state index contributed by atoms with van der Waals surface area (Å²) in [5.74, 6) is 2.26. The van der Waals surface area contributed by atoms with E-state index in [9.17, 15) is 0 Å². The highest BCUT2D eigenvalue weighted by atomic mass is 32.2. The molecule has 0 aromatic rings. The first-order valence-corrected chi connectivity index (χ1v) is 8.20.